The van der Waals surface area contributed by atoms with Crippen molar-refractivity contribution in [2.75, 3.05) is 0 Å². The molecule has 0 aromatic heterocycles. The van der Waals surface area contributed by atoms with E-state index in [2.05, 4.69) is 41.7 Å². The molecule has 0 aromatic carbocycles. The summed E-state index contributed by atoms with van der Waals surface area (Å²) >= 11 is 2.38. The van der Waals surface area contributed by atoms with E-state index in [4.69, 9.17) is 0 Å². The van der Waals surface area contributed by atoms with E-state index in [1.54, 1.807) is 0 Å². The Morgan fingerprint density at radius 2 is 1.80 bits per heavy atom. The van der Waals surface area contributed by atoms with Gasteiger partial charge in [0.2, 0.25) is 0 Å². The lowest BCUT2D eigenvalue weighted by Gasteiger charge is -1.86. The SMILES string of the molecule is CC1(I)C=C1. The number of alkyl halides is 1. The van der Waals surface area contributed by atoms with Crippen LogP contribution in [0.4, 0.5) is 0 Å². The molecule has 0 saturated carbocycles. The van der Waals surface area contributed by atoms with Crippen molar-refractivity contribution in [1.82, 2.24) is 0 Å². The summed E-state index contributed by atoms with van der Waals surface area (Å²) in [5.74, 6) is 0. The third-order valence-corrected chi connectivity index (χ3v) is 1.35. The van der Waals surface area contributed by atoms with E-state index >= 15 is 0 Å². The van der Waals surface area contributed by atoms with Crippen LogP contribution >= 0.6 is 22.6 Å². The quantitative estimate of drug-likeness (QED) is 0.302. The maximum Gasteiger partial charge on any atom is 0.0553 e. The topological polar surface area (TPSA) is 0 Å². The molecule has 1 heteroatoms. The monoisotopic (exact) mass is 180 g/mol. The van der Waals surface area contributed by atoms with Crippen LogP contribution in [0, 0.1) is 0 Å². The van der Waals surface area contributed by atoms with Gasteiger partial charge in [-0.15, -0.1) is 0 Å². The van der Waals surface area contributed by atoms with Crippen molar-refractivity contribution < 1.29 is 0 Å². The zero-order chi connectivity index (χ0) is 3.91. The molecule has 0 saturated heterocycles. The number of allylic oxidation sites excluding steroid dienone is 2. The summed E-state index contributed by atoms with van der Waals surface area (Å²) in [6.45, 7) is 2.17. The van der Waals surface area contributed by atoms with Gasteiger partial charge in [0.15, 0.2) is 0 Å². The molecule has 0 aliphatic heterocycles. The van der Waals surface area contributed by atoms with Crippen LogP contribution in [0.15, 0.2) is 12.2 Å². The molecule has 0 amide bonds. The second-order valence-electron chi connectivity index (χ2n) is 1.48. The van der Waals surface area contributed by atoms with Gasteiger partial charge in [0.25, 0.3) is 0 Å². The van der Waals surface area contributed by atoms with Gasteiger partial charge in [0.05, 0.1) is 3.42 Å². The summed E-state index contributed by atoms with van der Waals surface area (Å²) in [7, 11) is 0. The Morgan fingerprint density at radius 3 is 1.80 bits per heavy atom. The minimum absolute atomic E-state index is 0.470. The summed E-state index contributed by atoms with van der Waals surface area (Å²) < 4.78 is 0.470. The first-order chi connectivity index (χ1) is 2.21. The van der Waals surface area contributed by atoms with Crippen LogP contribution in [0.3, 0.4) is 0 Å². The van der Waals surface area contributed by atoms with Crippen LogP contribution in [0.2, 0.25) is 0 Å². The van der Waals surface area contributed by atoms with Gasteiger partial charge < -0.3 is 0 Å². The lowest BCUT2D eigenvalue weighted by Crippen LogP contribution is -1.82. The van der Waals surface area contributed by atoms with Gasteiger partial charge in [0.1, 0.15) is 0 Å². The highest BCUT2D eigenvalue weighted by molar-refractivity contribution is 14.1. The van der Waals surface area contributed by atoms with Crippen LogP contribution < -0.4 is 0 Å². The number of halogens is 1. The molecule has 5 heavy (non-hydrogen) atoms. The molecular formula is C4H5I. The Labute approximate surface area is 45.4 Å². The zero-order valence-corrected chi connectivity index (χ0v) is 5.19. The molecular weight excluding hydrogens is 175 g/mol. The molecule has 0 bridgehead atoms. The van der Waals surface area contributed by atoms with Gasteiger partial charge in [-0.05, 0) is 6.92 Å². The van der Waals surface area contributed by atoms with Crippen molar-refractivity contribution in [2.45, 2.75) is 10.3 Å². The molecule has 0 unspecified atom stereocenters. The molecule has 0 spiro atoms. The fraction of sp³-hybridized carbons (Fsp3) is 0.500. The van der Waals surface area contributed by atoms with Crippen LogP contribution in [-0.4, -0.2) is 3.42 Å². The fourth-order valence-electron chi connectivity index (χ4n) is 0.115. The van der Waals surface area contributed by atoms with E-state index in [0.29, 0.717) is 3.42 Å². The Kier molecular flexibility index (Phi) is 0.548. The third-order valence-electron chi connectivity index (χ3n) is 0.626. The Bertz CT molecular complexity index is 63.7. The molecule has 0 nitrogen and oxygen atoms in total. The summed E-state index contributed by atoms with van der Waals surface area (Å²) in [6, 6.07) is 0. The van der Waals surface area contributed by atoms with Gasteiger partial charge in [-0.25, -0.2) is 0 Å². The highest BCUT2D eigenvalue weighted by Gasteiger charge is 2.21. The molecule has 0 atom stereocenters. The third kappa shape index (κ3) is 0.911. The number of hydrogen-bond donors (Lipinski definition) is 0. The first-order valence-corrected chi connectivity index (χ1v) is 2.68. The van der Waals surface area contributed by atoms with Crippen LogP contribution in [-0.2, 0) is 0 Å². The largest absolute Gasteiger partial charge is 0.0700 e. The van der Waals surface area contributed by atoms with Gasteiger partial charge in [0, 0.05) is 0 Å². The molecule has 1 aliphatic rings. The smallest absolute Gasteiger partial charge is 0.0553 e. The number of hydrogen-bond acceptors (Lipinski definition) is 0. The van der Waals surface area contributed by atoms with Gasteiger partial charge in [-0.2, -0.15) is 0 Å². The second kappa shape index (κ2) is 0.750. The molecule has 1 rings (SSSR count). The standard InChI is InChI=1S/C4H5I/c1-4(5)2-3-4/h2-3H,1H3. The van der Waals surface area contributed by atoms with Crippen LogP contribution in [0.1, 0.15) is 6.92 Å². The maximum atomic E-state index is 2.38. The molecule has 0 fully saturated rings. The summed E-state index contributed by atoms with van der Waals surface area (Å²) in [6.07, 6.45) is 4.35. The average Bonchev–Trinajstić information content (AvgIpc) is 1.76. The molecule has 0 heterocycles. The van der Waals surface area contributed by atoms with Crippen LogP contribution in [0.25, 0.3) is 0 Å². The average molecular weight is 180 g/mol. The molecule has 0 aromatic rings. The minimum Gasteiger partial charge on any atom is -0.0700 e. The Morgan fingerprint density at radius 1 is 1.60 bits per heavy atom. The Balaban J connectivity index is 2.47. The summed E-state index contributed by atoms with van der Waals surface area (Å²) in [4.78, 5) is 0. The molecule has 0 radical (unpaired) electrons. The van der Waals surface area contributed by atoms with Crippen molar-refractivity contribution in [1.29, 1.82) is 0 Å². The first kappa shape index (κ1) is 3.65. The maximum absolute atomic E-state index is 2.38. The van der Waals surface area contributed by atoms with Crippen molar-refractivity contribution in [3.05, 3.63) is 12.2 Å². The first-order valence-electron chi connectivity index (χ1n) is 1.60. The van der Waals surface area contributed by atoms with Crippen molar-refractivity contribution in [3.63, 3.8) is 0 Å². The van der Waals surface area contributed by atoms with Gasteiger partial charge >= 0.3 is 0 Å². The van der Waals surface area contributed by atoms with E-state index in [-0.39, 0.29) is 0 Å². The van der Waals surface area contributed by atoms with E-state index in [1.165, 1.54) is 0 Å². The summed E-state index contributed by atoms with van der Waals surface area (Å²) in [5, 5.41) is 0. The lowest BCUT2D eigenvalue weighted by molar-refractivity contribution is 1.21. The van der Waals surface area contributed by atoms with Gasteiger partial charge in [-0.3, -0.25) is 0 Å². The highest BCUT2D eigenvalue weighted by Crippen LogP contribution is 2.32. The molecule has 0 N–H and O–H groups in total. The van der Waals surface area contributed by atoms with Crippen molar-refractivity contribution in [2.24, 2.45) is 0 Å². The summed E-state index contributed by atoms with van der Waals surface area (Å²) in [5.41, 5.74) is 0. The second-order valence-corrected chi connectivity index (χ2v) is 3.81. The number of rotatable bonds is 0. The normalized spacial score (nSPS) is 26.8. The lowest BCUT2D eigenvalue weighted by atomic mass is 10.5. The highest BCUT2D eigenvalue weighted by atomic mass is 127. The minimum atomic E-state index is 0.470. The van der Waals surface area contributed by atoms with Crippen molar-refractivity contribution >= 4 is 22.6 Å². The predicted octanol–water partition coefficient (Wildman–Crippen LogP) is 1.75. The van der Waals surface area contributed by atoms with E-state index in [9.17, 15) is 0 Å². The predicted molar refractivity (Wildman–Crippen MR) is 31.6 cm³/mol. The zero-order valence-electron chi connectivity index (χ0n) is 3.03. The van der Waals surface area contributed by atoms with E-state index in [0.717, 1.165) is 0 Å². The Hall–Kier alpha value is 0.470. The van der Waals surface area contributed by atoms with Crippen molar-refractivity contribution in [3.8, 4) is 0 Å². The fourth-order valence-corrected chi connectivity index (χ4v) is 0.295. The van der Waals surface area contributed by atoms with Crippen LogP contribution in [0.5, 0.6) is 0 Å². The van der Waals surface area contributed by atoms with Gasteiger partial charge in [-0.1, -0.05) is 34.7 Å². The molecule has 1 aliphatic carbocycles. The van der Waals surface area contributed by atoms with E-state index in [1.807, 2.05) is 0 Å². The molecule has 28 valence electrons. The van der Waals surface area contributed by atoms with E-state index < -0.39 is 0 Å².